The number of piperazine rings is 1. The Kier molecular flexibility index (Phi) is 5.63. The van der Waals surface area contributed by atoms with Crippen molar-refractivity contribution in [2.24, 2.45) is 0 Å². The molecule has 1 aromatic rings. The first kappa shape index (κ1) is 19.6. The summed E-state index contributed by atoms with van der Waals surface area (Å²) in [6, 6.07) is 5.11. The Labute approximate surface area is 156 Å². The molecule has 0 N–H and O–H groups in total. The zero-order chi connectivity index (χ0) is 18.9. The summed E-state index contributed by atoms with van der Waals surface area (Å²) >= 11 is 0. The standard InChI is InChI=1S/C19H30BFN2O3/c1-18(2)19(3,4)26-20(25-18)15-12-16(21)14-17(13-15)23-8-6-22(7-9-23)10-11-24-5/h12-14H,6-11H2,1-5H3. The predicted octanol–water partition coefficient (Wildman–Crippen LogP) is 1.89. The van der Waals surface area contributed by atoms with Gasteiger partial charge >= 0.3 is 7.12 Å². The van der Waals surface area contributed by atoms with E-state index in [1.165, 1.54) is 6.07 Å². The highest BCUT2D eigenvalue weighted by molar-refractivity contribution is 6.62. The average Bonchev–Trinajstić information content (AvgIpc) is 2.81. The van der Waals surface area contributed by atoms with Gasteiger partial charge in [-0.3, -0.25) is 4.90 Å². The van der Waals surface area contributed by atoms with E-state index in [1.807, 2.05) is 33.8 Å². The van der Waals surface area contributed by atoms with Crippen molar-refractivity contribution >= 4 is 18.3 Å². The molecule has 0 atom stereocenters. The molecule has 0 amide bonds. The molecule has 2 aliphatic heterocycles. The lowest BCUT2D eigenvalue weighted by Gasteiger charge is -2.36. The average molecular weight is 364 g/mol. The lowest BCUT2D eigenvalue weighted by molar-refractivity contribution is 0.00578. The maximum Gasteiger partial charge on any atom is 0.495 e. The predicted molar refractivity (Wildman–Crippen MR) is 103 cm³/mol. The molecular formula is C19H30BFN2O3. The normalized spacial score (nSPS) is 22.8. The molecule has 144 valence electrons. The van der Waals surface area contributed by atoms with Crippen LogP contribution in [-0.2, 0) is 14.0 Å². The second kappa shape index (κ2) is 7.47. The molecule has 5 nitrogen and oxygen atoms in total. The highest BCUT2D eigenvalue weighted by atomic mass is 19.1. The minimum Gasteiger partial charge on any atom is -0.399 e. The van der Waals surface area contributed by atoms with Gasteiger partial charge in [0, 0.05) is 45.5 Å². The van der Waals surface area contributed by atoms with Gasteiger partial charge in [0.05, 0.1) is 17.8 Å². The van der Waals surface area contributed by atoms with E-state index in [4.69, 9.17) is 14.0 Å². The molecule has 2 saturated heterocycles. The Morgan fingerprint density at radius 1 is 1.04 bits per heavy atom. The Morgan fingerprint density at radius 2 is 1.65 bits per heavy atom. The topological polar surface area (TPSA) is 34.2 Å². The van der Waals surface area contributed by atoms with Crippen molar-refractivity contribution < 1.29 is 18.4 Å². The van der Waals surface area contributed by atoms with Crippen LogP contribution in [0.25, 0.3) is 0 Å². The summed E-state index contributed by atoms with van der Waals surface area (Å²) in [5, 5.41) is 0. The smallest absolute Gasteiger partial charge is 0.399 e. The molecule has 2 fully saturated rings. The van der Waals surface area contributed by atoms with Crippen LogP contribution in [0.2, 0.25) is 0 Å². The Balaban J connectivity index is 1.71. The van der Waals surface area contributed by atoms with Crippen LogP contribution in [-0.4, -0.2) is 69.7 Å². The molecule has 1 aromatic carbocycles. The van der Waals surface area contributed by atoms with Gasteiger partial charge in [0.1, 0.15) is 5.82 Å². The fraction of sp³-hybridized carbons (Fsp3) is 0.684. The zero-order valence-electron chi connectivity index (χ0n) is 16.5. The monoisotopic (exact) mass is 364 g/mol. The van der Waals surface area contributed by atoms with Crippen molar-refractivity contribution in [1.82, 2.24) is 4.90 Å². The molecule has 3 rings (SSSR count). The van der Waals surface area contributed by atoms with Crippen LogP contribution in [0.4, 0.5) is 10.1 Å². The van der Waals surface area contributed by atoms with E-state index in [2.05, 4.69) is 9.80 Å². The Morgan fingerprint density at radius 3 is 2.23 bits per heavy atom. The molecule has 0 radical (unpaired) electrons. The number of halogens is 1. The van der Waals surface area contributed by atoms with E-state index in [9.17, 15) is 4.39 Å². The van der Waals surface area contributed by atoms with E-state index in [1.54, 1.807) is 13.2 Å². The van der Waals surface area contributed by atoms with E-state index >= 15 is 0 Å². The highest BCUT2D eigenvalue weighted by Crippen LogP contribution is 2.36. The maximum atomic E-state index is 14.3. The molecule has 0 aromatic heterocycles. The number of methoxy groups -OCH3 is 1. The fourth-order valence-electron chi connectivity index (χ4n) is 3.34. The van der Waals surface area contributed by atoms with Gasteiger partial charge in [-0.2, -0.15) is 0 Å². The SMILES string of the molecule is COCCN1CCN(c2cc(F)cc(B3OC(C)(C)C(C)(C)O3)c2)CC1. The summed E-state index contributed by atoms with van der Waals surface area (Å²) < 4.78 is 31.6. The van der Waals surface area contributed by atoms with Gasteiger partial charge in [-0.15, -0.1) is 0 Å². The van der Waals surface area contributed by atoms with E-state index in [-0.39, 0.29) is 5.82 Å². The first-order chi connectivity index (χ1) is 12.2. The Bertz CT molecular complexity index is 617. The fourth-order valence-corrected chi connectivity index (χ4v) is 3.34. The molecule has 2 aliphatic rings. The second-order valence-corrected chi connectivity index (χ2v) is 8.15. The van der Waals surface area contributed by atoms with Crippen molar-refractivity contribution in [2.45, 2.75) is 38.9 Å². The van der Waals surface area contributed by atoms with Gasteiger partial charge in [0.25, 0.3) is 0 Å². The van der Waals surface area contributed by atoms with Crippen molar-refractivity contribution in [3.63, 3.8) is 0 Å². The Hall–Kier alpha value is -1.15. The van der Waals surface area contributed by atoms with Crippen LogP contribution in [0.15, 0.2) is 18.2 Å². The van der Waals surface area contributed by atoms with Crippen LogP contribution in [0.3, 0.4) is 0 Å². The molecule has 0 saturated carbocycles. The number of rotatable bonds is 5. The highest BCUT2D eigenvalue weighted by Gasteiger charge is 2.51. The molecule has 7 heteroatoms. The molecule has 2 heterocycles. The third-order valence-corrected chi connectivity index (χ3v) is 5.78. The molecule has 0 spiro atoms. The van der Waals surface area contributed by atoms with Gasteiger partial charge in [-0.05, 0) is 51.4 Å². The lowest BCUT2D eigenvalue weighted by atomic mass is 9.78. The van der Waals surface area contributed by atoms with Crippen LogP contribution < -0.4 is 10.4 Å². The number of ether oxygens (including phenoxy) is 1. The van der Waals surface area contributed by atoms with Crippen molar-refractivity contribution in [1.29, 1.82) is 0 Å². The largest absolute Gasteiger partial charge is 0.495 e. The minimum atomic E-state index is -0.544. The lowest BCUT2D eigenvalue weighted by Crippen LogP contribution is -2.47. The first-order valence-electron chi connectivity index (χ1n) is 9.34. The summed E-state index contributed by atoms with van der Waals surface area (Å²) in [5.41, 5.74) is 0.760. The van der Waals surface area contributed by atoms with Gasteiger partial charge < -0.3 is 18.9 Å². The van der Waals surface area contributed by atoms with Gasteiger partial charge in [0.2, 0.25) is 0 Å². The summed E-state index contributed by atoms with van der Waals surface area (Å²) in [4.78, 5) is 4.59. The first-order valence-corrected chi connectivity index (χ1v) is 9.34. The summed E-state index contributed by atoms with van der Waals surface area (Å²) in [5.74, 6) is -0.256. The van der Waals surface area contributed by atoms with Crippen LogP contribution in [0, 0.1) is 5.82 Å². The van der Waals surface area contributed by atoms with Gasteiger partial charge in [0.15, 0.2) is 0 Å². The van der Waals surface area contributed by atoms with Crippen LogP contribution >= 0.6 is 0 Å². The molecular weight excluding hydrogens is 334 g/mol. The van der Waals surface area contributed by atoms with Gasteiger partial charge in [-0.1, -0.05) is 0 Å². The number of nitrogens with zero attached hydrogens (tertiary/aromatic N) is 2. The number of anilines is 1. The van der Waals surface area contributed by atoms with Crippen molar-refractivity contribution in [2.75, 3.05) is 51.3 Å². The second-order valence-electron chi connectivity index (χ2n) is 8.15. The molecule has 0 aliphatic carbocycles. The summed E-state index contributed by atoms with van der Waals surface area (Å²) in [6.45, 7) is 13.3. The van der Waals surface area contributed by atoms with Gasteiger partial charge in [-0.25, -0.2) is 4.39 Å². The zero-order valence-corrected chi connectivity index (χ0v) is 16.5. The molecule has 26 heavy (non-hydrogen) atoms. The molecule has 0 unspecified atom stereocenters. The van der Waals surface area contributed by atoms with E-state index in [0.717, 1.165) is 50.5 Å². The van der Waals surface area contributed by atoms with E-state index < -0.39 is 18.3 Å². The van der Waals surface area contributed by atoms with Crippen molar-refractivity contribution in [3.8, 4) is 0 Å². The minimum absolute atomic E-state index is 0.256. The van der Waals surface area contributed by atoms with Crippen molar-refractivity contribution in [3.05, 3.63) is 24.0 Å². The maximum absolute atomic E-state index is 14.3. The molecule has 0 bridgehead atoms. The number of hydrogen-bond donors (Lipinski definition) is 0. The quantitative estimate of drug-likeness (QED) is 0.746. The summed E-state index contributed by atoms with van der Waals surface area (Å²) in [7, 11) is 1.18. The third kappa shape index (κ3) is 4.06. The third-order valence-electron chi connectivity index (χ3n) is 5.78. The van der Waals surface area contributed by atoms with Crippen LogP contribution in [0.5, 0.6) is 0 Å². The summed E-state index contributed by atoms with van der Waals surface area (Å²) in [6.07, 6.45) is 0. The number of benzene rings is 1. The number of hydrogen-bond acceptors (Lipinski definition) is 5. The van der Waals surface area contributed by atoms with E-state index in [0.29, 0.717) is 0 Å². The van der Waals surface area contributed by atoms with Crippen LogP contribution in [0.1, 0.15) is 27.7 Å².